The molecule has 1 saturated carbocycles. The molecule has 4 nitrogen and oxygen atoms in total. The van der Waals surface area contributed by atoms with Gasteiger partial charge in [0.05, 0.1) is 17.5 Å². The maximum atomic E-state index is 5.57. The lowest BCUT2D eigenvalue weighted by Crippen LogP contribution is -2.45. The summed E-state index contributed by atoms with van der Waals surface area (Å²) in [5.74, 6) is 0. The molecule has 0 saturated heterocycles. The molecule has 98 valence electrons. The second-order valence-electron chi connectivity index (χ2n) is 4.83. The van der Waals surface area contributed by atoms with Crippen LogP contribution in [0.4, 0.5) is 0 Å². The van der Waals surface area contributed by atoms with Gasteiger partial charge in [0, 0.05) is 30.8 Å². The van der Waals surface area contributed by atoms with Crippen LogP contribution < -0.4 is 5.32 Å². The minimum absolute atomic E-state index is 0.472. The van der Waals surface area contributed by atoms with Crippen LogP contribution >= 0.6 is 11.3 Å². The van der Waals surface area contributed by atoms with Crippen molar-refractivity contribution in [3.05, 3.63) is 23.0 Å². The second kappa shape index (κ2) is 4.99. The maximum absolute atomic E-state index is 5.57. The molecule has 0 aliphatic heterocycles. The Morgan fingerprint density at radius 1 is 1.56 bits per heavy atom. The van der Waals surface area contributed by atoms with Gasteiger partial charge in [0.2, 0.25) is 0 Å². The Morgan fingerprint density at radius 3 is 3.17 bits per heavy atom. The summed E-state index contributed by atoms with van der Waals surface area (Å²) in [5.41, 5.74) is 2.42. The van der Waals surface area contributed by atoms with Crippen LogP contribution in [0.3, 0.4) is 0 Å². The fourth-order valence-electron chi connectivity index (χ4n) is 2.50. The Balaban J connectivity index is 1.57. The maximum Gasteiger partial charge on any atom is 0.194 e. The number of hydrogen-bond donors (Lipinski definition) is 1. The van der Waals surface area contributed by atoms with Crippen molar-refractivity contribution in [1.29, 1.82) is 0 Å². The number of rotatable bonds is 5. The van der Waals surface area contributed by atoms with Crippen molar-refractivity contribution >= 4 is 16.3 Å². The molecule has 0 aromatic carbocycles. The van der Waals surface area contributed by atoms with Gasteiger partial charge in [-0.1, -0.05) is 0 Å². The highest BCUT2D eigenvalue weighted by Crippen LogP contribution is 2.24. The van der Waals surface area contributed by atoms with Gasteiger partial charge in [-0.3, -0.25) is 4.40 Å². The van der Waals surface area contributed by atoms with Crippen LogP contribution in [0, 0.1) is 6.92 Å². The minimum atomic E-state index is 0.472. The van der Waals surface area contributed by atoms with E-state index in [0.717, 1.165) is 36.6 Å². The number of fused-ring (bicyclic) bond motifs is 1. The van der Waals surface area contributed by atoms with E-state index in [0.29, 0.717) is 12.1 Å². The molecule has 1 aliphatic carbocycles. The van der Waals surface area contributed by atoms with E-state index < -0.39 is 0 Å². The van der Waals surface area contributed by atoms with E-state index in [2.05, 4.69) is 40.1 Å². The lowest BCUT2D eigenvalue weighted by atomic mass is 9.89. The van der Waals surface area contributed by atoms with Crippen LogP contribution in [0.1, 0.15) is 31.2 Å². The largest absolute Gasteiger partial charge is 0.378 e. The van der Waals surface area contributed by atoms with Crippen LogP contribution in [0.2, 0.25) is 0 Å². The van der Waals surface area contributed by atoms with Gasteiger partial charge in [0.25, 0.3) is 0 Å². The van der Waals surface area contributed by atoms with E-state index in [1.165, 1.54) is 5.69 Å². The Bertz CT molecular complexity index is 527. The van der Waals surface area contributed by atoms with Gasteiger partial charge in [-0.2, -0.15) is 0 Å². The van der Waals surface area contributed by atoms with Crippen molar-refractivity contribution in [2.24, 2.45) is 0 Å². The minimum Gasteiger partial charge on any atom is -0.378 e. The number of ether oxygens (including phenoxy) is 1. The van der Waals surface area contributed by atoms with Gasteiger partial charge < -0.3 is 10.1 Å². The first-order valence-corrected chi connectivity index (χ1v) is 7.42. The van der Waals surface area contributed by atoms with E-state index in [4.69, 9.17) is 4.74 Å². The van der Waals surface area contributed by atoms with Crippen LogP contribution in [0.5, 0.6) is 0 Å². The third kappa shape index (κ3) is 2.18. The molecular weight excluding hydrogens is 246 g/mol. The first-order valence-electron chi connectivity index (χ1n) is 6.54. The molecule has 0 bridgehead atoms. The van der Waals surface area contributed by atoms with E-state index in [9.17, 15) is 0 Å². The zero-order chi connectivity index (χ0) is 12.5. The number of thiazole rings is 1. The van der Waals surface area contributed by atoms with Gasteiger partial charge in [0.1, 0.15) is 0 Å². The smallest absolute Gasteiger partial charge is 0.194 e. The molecular formula is C13H19N3OS. The normalized spacial score (nSPS) is 23.4. The number of nitrogens with zero attached hydrogens (tertiary/aromatic N) is 2. The van der Waals surface area contributed by atoms with E-state index in [-0.39, 0.29) is 0 Å². The van der Waals surface area contributed by atoms with Gasteiger partial charge >= 0.3 is 0 Å². The van der Waals surface area contributed by atoms with E-state index >= 15 is 0 Å². The van der Waals surface area contributed by atoms with Crippen LogP contribution in [0.25, 0.3) is 4.96 Å². The highest BCUT2D eigenvalue weighted by Gasteiger charge is 2.29. The molecule has 3 rings (SSSR count). The highest BCUT2D eigenvalue weighted by molar-refractivity contribution is 7.15. The summed E-state index contributed by atoms with van der Waals surface area (Å²) >= 11 is 1.69. The standard InChI is InChI=1S/C13H19N3OS/c1-3-17-11-6-10(7-11)14-8-12-9(2)15-13-16(12)4-5-18-13/h4-5,10-11,14H,3,6-8H2,1-2H3. The van der Waals surface area contributed by atoms with Gasteiger partial charge in [0.15, 0.2) is 4.96 Å². The quantitative estimate of drug-likeness (QED) is 0.902. The molecule has 0 atom stereocenters. The summed E-state index contributed by atoms with van der Waals surface area (Å²) in [6.07, 6.45) is 4.85. The van der Waals surface area contributed by atoms with Gasteiger partial charge in [-0.05, 0) is 26.7 Å². The molecule has 1 N–H and O–H groups in total. The fourth-order valence-corrected chi connectivity index (χ4v) is 3.28. The summed E-state index contributed by atoms with van der Waals surface area (Å²) in [6.45, 7) is 5.87. The van der Waals surface area contributed by atoms with Crippen molar-refractivity contribution < 1.29 is 4.74 Å². The number of imidazole rings is 1. The molecule has 0 unspecified atom stereocenters. The van der Waals surface area contributed by atoms with Crippen molar-refractivity contribution in [2.75, 3.05) is 6.61 Å². The lowest BCUT2D eigenvalue weighted by Gasteiger charge is -2.35. The van der Waals surface area contributed by atoms with E-state index in [1.54, 1.807) is 11.3 Å². The average molecular weight is 265 g/mol. The van der Waals surface area contributed by atoms with Crippen LogP contribution in [-0.2, 0) is 11.3 Å². The fraction of sp³-hybridized carbons (Fsp3) is 0.615. The highest BCUT2D eigenvalue weighted by atomic mass is 32.1. The topological polar surface area (TPSA) is 38.6 Å². The molecule has 1 fully saturated rings. The average Bonchev–Trinajstić information content (AvgIpc) is 2.83. The molecule has 0 spiro atoms. The van der Waals surface area contributed by atoms with Crippen LogP contribution in [0.15, 0.2) is 11.6 Å². The SMILES string of the molecule is CCOC1CC(NCc2c(C)nc3sccn23)C1. The zero-order valence-electron chi connectivity index (χ0n) is 10.8. The van der Waals surface area contributed by atoms with Crippen molar-refractivity contribution in [2.45, 2.75) is 45.4 Å². The number of hydrogen-bond acceptors (Lipinski definition) is 4. The number of aryl methyl sites for hydroxylation is 1. The molecule has 5 heteroatoms. The number of aromatic nitrogens is 2. The third-order valence-corrected chi connectivity index (χ3v) is 4.37. The summed E-state index contributed by atoms with van der Waals surface area (Å²) < 4.78 is 7.76. The van der Waals surface area contributed by atoms with E-state index in [1.807, 2.05) is 0 Å². The van der Waals surface area contributed by atoms with Gasteiger partial charge in [-0.15, -0.1) is 11.3 Å². The van der Waals surface area contributed by atoms with Gasteiger partial charge in [-0.25, -0.2) is 4.98 Å². The Kier molecular flexibility index (Phi) is 3.37. The number of nitrogens with one attached hydrogen (secondary N) is 1. The van der Waals surface area contributed by atoms with Crippen molar-refractivity contribution in [3.63, 3.8) is 0 Å². The Morgan fingerprint density at radius 2 is 2.39 bits per heavy atom. The molecule has 1 aliphatic rings. The predicted octanol–water partition coefficient (Wildman–Crippen LogP) is 2.36. The van der Waals surface area contributed by atoms with Crippen molar-refractivity contribution in [3.8, 4) is 0 Å². The molecule has 2 heterocycles. The lowest BCUT2D eigenvalue weighted by molar-refractivity contribution is -0.0103. The molecule has 2 aromatic heterocycles. The molecule has 0 amide bonds. The summed E-state index contributed by atoms with van der Waals surface area (Å²) in [6, 6.07) is 0.602. The molecule has 2 aromatic rings. The predicted molar refractivity (Wildman–Crippen MR) is 73.1 cm³/mol. The zero-order valence-corrected chi connectivity index (χ0v) is 11.7. The summed E-state index contributed by atoms with van der Waals surface area (Å²) in [4.78, 5) is 5.64. The molecule has 18 heavy (non-hydrogen) atoms. The van der Waals surface area contributed by atoms with Crippen LogP contribution in [-0.4, -0.2) is 28.1 Å². The Labute approximate surface area is 111 Å². The van der Waals surface area contributed by atoms with Crippen molar-refractivity contribution in [1.82, 2.24) is 14.7 Å². The first kappa shape index (κ1) is 12.1. The Hall–Kier alpha value is -0.910. The third-order valence-electron chi connectivity index (χ3n) is 3.62. The monoisotopic (exact) mass is 265 g/mol. The summed E-state index contributed by atoms with van der Waals surface area (Å²) in [7, 11) is 0. The first-order chi connectivity index (χ1) is 8.78. The second-order valence-corrected chi connectivity index (χ2v) is 5.70. The molecule has 0 radical (unpaired) electrons. The summed E-state index contributed by atoms with van der Waals surface area (Å²) in [5, 5.41) is 5.68.